The predicted molar refractivity (Wildman–Crippen MR) is 66.8 cm³/mol. The Hall–Kier alpha value is -1.78. The summed E-state index contributed by atoms with van der Waals surface area (Å²) in [5, 5.41) is 11.4. The lowest BCUT2D eigenvalue weighted by Crippen LogP contribution is -2.50. The maximum absolute atomic E-state index is 11.8. The molecule has 0 saturated heterocycles. The Labute approximate surface area is 102 Å². The quantitative estimate of drug-likeness (QED) is 0.662. The van der Waals surface area contributed by atoms with Gasteiger partial charge in [0.05, 0.1) is 0 Å². The van der Waals surface area contributed by atoms with Gasteiger partial charge in [0.2, 0.25) is 0 Å². The van der Waals surface area contributed by atoms with E-state index >= 15 is 0 Å². The molecule has 5 heteroatoms. The molecule has 1 atom stereocenters. The van der Waals surface area contributed by atoms with E-state index in [1.807, 2.05) is 0 Å². The molecule has 0 aliphatic carbocycles. The molecule has 2 amide bonds. The average Bonchev–Trinajstić information content (AvgIpc) is 2.24. The highest BCUT2D eigenvalue weighted by Crippen LogP contribution is 2.03. The molecule has 0 saturated carbocycles. The van der Waals surface area contributed by atoms with E-state index in [-0.39, 0.29) is 5.92 Å². The van der Waals surface area contributed by atoms with Gasteiger partial charge in [-0.05, 0) is 5.92 Å². The van der Waals surface area contributed by atoms with Crippen molar-refractivity contribution in [3.8, 4) is 0 Å². The molecule has 0 aromatic carbocycles. The lowest BCUT2D eigenvalue weighted by Gasteiger charge is -2.24. The molecule has 0 radical (unpaired) electrons. The average molecular weight is 240 g/mol. The molecule has 0 fully saturated rings. The highest BCUT2D eigenvalue weighted by atomic mass is 16.4. The summed E-state index contributed by atoms with van der Waals surface area (Å²) in [4.78, 5) is 24.2. The van der Waals surface area contributed by atoms with Gasteiger partial charge in [-0.25, -0.2) is 9.59 Å². The summed E-state index contributed by atoms with van der Waals surface area (Å²) >= 11 is 0. The third-order valence-corrected chi connectivity index (χ3v) is 2.20. The third-order valence-electron chi connectivity index (χ3n) is 2.20. The molecule has 0 aliphatic heterocycles. The molecular formula is C12H20N2O3. The predicted octanol–water partition coefficient (Wildman–Crippen LogP) is 1.48. The number of amides is 2. The van der Waals surface area contributed by atoms with Gasteiger partial charge in [-0.1, -0.05) is 26.0 Å². The Morgan fingerprint density at radius 3 is 2.06 bits per heavy atom. The van der Waals surface area contributed by atoms with Crippen LogP contribution in [0, 0.1) is 5.92 Å². The van der Waals surface area contributed by atoms with Crippen LogP contribution in [0.4, 0.5) is 4.79 Å². The second-order valence-corrected chi connectivity index (χ2v) is 3.99. The monoisotopic (exact) mass is 240 g/mol. The van der Waals surface area contributed by atoms with Crippen LogP contribution in [-0.2, 0) is 4.79 Å². The fraction of sp³-hybridized carbons (Fsp3) is 0.500. The number of hydrogen-bond donors (Lipinski definition) is 2. The van der Waals surface area contributed by atoms with Gasteiger partial charge in [0.15, 0.2) is 0 Å². The van der Waals surface area contributed by atoms with E-state index in [9.17, 15) is 9.59 Å². The molecule has 0 spiro atoms. The highest BCUT2D eigenvalue weighted by molar-refractivity contribution is 5.82. The van der Waals surface area contributed by atoms with Crippen LogP contribution in [0.1, 0.15) is 13.8 Å². The van der Waals surface area contributed by atoms with Crippen molar-refractivity contribution >= 4 is 12.0 Å². The van der Waals surface area contributed by atoms with Gasteiger partial charge in [0, 0.05) is 13.1 Å². The van der Waals surface area contributed by atoms with Crippen molar-refractivity contribution in [2.75, 3.05) is 13.1 Å². The van der Waals surface area contributed by atoms with Gasteiger partial charge in [0.25, 0.3) is 0 Å². The van der Waals surface area contributed by atoms with E-state index in [2.05, 4.69) is 18.5 Å². The lowest BCUT2D eigenvalue weighted by atomic mass is 10.1. The number of rotatable bonds is 7. The molecule has 0 aromatic heterocycles. The van der Waals surface area contributed by atoms with Crippen LogP contribution in [0.5, 0.6) is 0 Å². The summed E-state index contributed by atoms with van der Waals surface area (Å²) in [6.45, 7) is 11.3. The molecule has 17 heavy (non-hydrogen) atoms. The molecular weight excluding hydrogens is 220 g/mol. The Bertz CT molecular complexity index is 290. The number of carbonyl (C=O) groups excluding carboxylic acids is 1. The van der Waals surface area contributed by atoms with Crippen molar-refractivity contribution in [1.29, 1.82) is 0 Å². The molecule has 0 rings (SSSR count). The Balaban J connectivity index is 4.60. The van der Waals surface area contributed by atoms with E-state index < -0.39 is 18.0 Å². The minimum atomic E-state index is -1.04. The summed E-state index contributed by atoms with van der Waals surface area (Å²) in [5.74, 6) is -1.21. The number of carboxylic acid groups (broad SMARTS) is 1. The molecule has 2 N–H and O–H groups in total. The zero-order valence-corrected chi connectivity index (χ0v) is 10.3. The first-order chi connectivity index (χ1) is 7.93. The standard InChI is InChI=1S/C12H20N2O3/c1-5-7-14(8-6-2)12(17)13-10(9(3)4)11(15)16/h5-6,9-10H,1-2,7-8H2,3-4H3,(H,13,17)(H,15,16)/t10-/m1/s1. The maximum atomic E-state index is 11.8. The Morgan fingerprint density at radius 2 is 1.76 bits per heavy atom. The van der Waals surface area contributed by atoms with Crippen LogP contribution in [0.3, 0.4) is 0 Å². The van der Waals surface area contributed by atoms with Crippen molar-refractivity contribution in [2.24, 2.45) is 5.92 Å². The smallest absolute Gasteiger partial charge is 0.326 e. The maximum Gasteiger partial charge on any atom is 0.326 e. The van der Waals surface area contributed by atoms with Crippen LogP contribution in [0.25, 0.3) is 0 Å². The van der Waals surface area contributed by atoms with E-state index in [1.165, 1.54) is 4.90 Å². The Kier molecular flexibility index (Phi) is 6.70. The summed E-state index contributed by atoms with van der Waals surface area (Å²) in [7, 11) is 0. The number of nitrogens with zero attached hydrogens (tertiary/aromatic N) is 1. The van der Waals surface area contributed by atoms with Crippen molar-refractivity contribution in [2.45, 2.75) is 19.9 Å². The number of carbonyl (C=O) groups is 2. The number of urea groups is 1. The summed E-state index contributed by atoms with van der Waals surface area (Å²) in [6.07, 6.45) is 3.16. The SMILES string of the molecule is C=CCN(CC=C)C(=O)N[C@@H](C(=O)O)C(C)C. The van der Waals surface area contributed by atoms with E-state index in [4.69, 9.17) is 5.11 Å². The third kappa shape index (κ3) is 5.19. The second-order valence-electron chi connectivity index (χ2n) is 3.99. The van der Waals surface area contributed by atoms with Crippen LogP contribution in [0.2, 0.25) is 0 Å². The van der Waals surface area contributed by atoms with E-state index in [0.717, 1.165) is 0 Å². The zero-order chi connectivity index (χ0) is 13.4. The first-order valence-corrected chi connectivity index (χ1v) is 5.44. The normalized spacial score (nSPS) is 11.7. The van der Waals surface area contributed by atoms with Crippen LogP contribution in [0.15, 0.2) is 25.3 Å². The molecule has 0 aromatic rings. The molecule has 0 heterocycles. The number of nitrogens with one attached hydrogen (secondary N) is 1. The van der Waals surface area contributed by atoms with Crippen LogP contribution >= 0.6 is 0 Å². The largest absolute Gasteiger partial charge is 0.480 e. The zero-order valence-electron chi connectivity index (χ0n) is 10.3. The van der Waals surface area contributed by atoms with Crippen molar-refractivity contribution in [3.05, 3.63) is 25.3 Å². The number of hydrogen-bond acceptors (Lipinski definition) is 2. The highest BCUT2D eigenvalue weighted by Gasteiger charge is 2.25. The molecule has 0 unspecified atom stereocenters. The summed E-state index contributed by atoms with van der Waals surface area (Å²) in [6, 6.07) is -1.31. The van der Waals surface area contributed by atoms with Crippen molar-refractivity contribution in [1.82, 2.24) is 10.2 Å². The molecule has 5 nitrogen and oxygen atoms in total. The number of aliphatic carboxylic acids is 1. The van der Waals surface area contributed by atoms with Crippen LogP contribution < -0.4 is 5.32 Å². The first kappa shape index (κ1) is 15.2. The minimum Gasteiger partial charge on any atom is -0.480 e. The van der Waals surface area contributed by atoms with Gasteiger partial charge in [-0.2, -0.15) is 0 Å². The molecule has 96 valence electrons. The van der Waals surface area contributed by atoms with Crippen molar-refractivity contribution in [3.63, 3.8) is 0 Å². The summed E-state index contributed by atoms with van der Waals surface area (Å²) < 4.78 is 0. The second kappa shape index (κ2) is 7.49. The van der Waals surface area contributed by atoms with Gasteiger partial charge in [-0.3, -0.25) is 0 Å². The number of carboxylic acids is 1. The van der Waals surface area contributed by atoms with Gasteiger partial charge in [0.1, 0.15) is 6.04 Å². The van der Waals surface area contributed by atoms with Crippen LogP contribution in [-0.4, -0.2) is 41.1 Å². The van der Waals surface area contributed by atoms with Gasteiger partial charge >= 0.3 is 12.0 Å². The summed E-state index contributed by atoms with van der Waals surface area (Å²) in [5.41, 5.74) is 0. The van der Waals surface area contributed by atoms with E-state index in [0.29, 0.717) is 13.1 Å². The van der Waals surface area contributed by atoms with Crippen molar-refractivity contribution < 1.29 is 14.7 Å². The minimum absolute atomic E-state index is 0.175. The fourth-order valence-electron chi connectivity index (χ4n) is 1.29. The molecule has 0 bridgehead atoms. The van der Waals surface area contributed by atoms with E-state index in [1.54, 1.807) is 26.0 Å². The first-order valence-electron chi connectivity index (χ1n) is 5.44. The Morgan fingerprint density at radius 1 is 1.29 bits per heavy atom. The fourth-order valence-corrected chi connectivity index (χ4v) is 1.29. The van der Waals surface area contributed by atoms with Gasteiger partial charge < -0.3 is 15.3 Å². The topological polar surface area (TPSA) is 69.6 Å². The molecule has 0 aliphatic rings. The lowest BCUT2D eigenvalue weighted by molar-refractivity contribution is -0.140. The van der Waals surface area contributed by atoms with Gasteiger partial charge in [-0.15, -0.1) is 13.2 Å².